The van der Waals surface area contributed by atoms with Crippen molar-refractivity contribution in [3.63, 3.8) is 0 Å². The van der Waals surface area contributed by atoms with Crippen LogP contribution in [0.1, 0.15) is 11.1 Å². The molecule has 0 aliphatic heterocycles. The number of aryl methyl sites for hydroxylation is 2. The molecule has 0 spiro atoms. The summed E-state index contributed by atoms with van der Waals surface area (Å²) < 4.78 is 8.90. The Balaban J connectivity index is 1.39. The van der Waals surface area contributed by atoms with Gasteiger partial charge in [0.05, 0.1) is 22.3 Å². The zero-order chi connectivity index (χ0) is 29.4. The van der Waals surface area contributed by atoms with E-state index in [-0.39, 0.29) is 0 Å². The average Bonchev–Trinajstić information content (AvgIpc) is 3.62. The lowest BCUT2D eigenvalue weighted by Gasteiger charge is -2.18. The van der Waals surface area contributed by atoms with Gasteiger partial charge in [-0.3, -0.25) is 4.57 Å². The lowest BCUT2D eigenvalue weighted by Crippen LogP contribution is -2.03. The fraction of sp³-hybridized carbons (Fsp3) is 0.0488. The molecule has 7 aromatic carbocycles. The van der Waals surface area contributed by atoms with Crippen LogP contribution in [0.3, 0.4) is 0 Å². The third kappa shape index (κ3) is 3.66. The summed E-state index contributed by atoms with van der Waals surface area (Å²) >= 11 is 0. The lowest BCUT2D eigenvalue weighted by molar-refractivity contribution is 0.669. The lowest BCUT2D eigenvalue weighted by atomic mass is 9.98. The molecular formula is C41H28N2O. The molecule has 0 N–H and O–H groups in total. The molecule has 0 saturated carbocycles. The van der Waals surface area contributed by atoms with Crippen molar-refractivity contribution in [3.05, 3.63) is 145 Å². The first-order valence-electron chi connectivity index (χ1n) is 15.1. The molecule has 0 saturated heterocycles. The number of furan rings is 1. The molecule has 0 amide bonds. The van der Waals surface area contributed by atoms with Gasteiger partial charge in [-0.1, -0.05) is 97.1 Å². The van der Waals surface area contributed by atoms with Gasteiger partial charge in [-0.05, 0) is 94.0 Å². The number of rotatable bonds is 3. The molecule has 0 unspecified atom stereocenters. The van der Waals surface area contributed by atoms with Crippen LogP contribution in [0.5, 0.6) is 0 Å². The molecule has 208 valence electrons. The minimum atomic E-state index is 0.858. The van der Waals surface area contributed by atoms with Gasteiger partial charge in [0, 0.05) is 10.8 Å². The molecule has 44 heavy (non-hydrogen) atoms. The Hall–Kier alpha value is -5.67. The van der Waals surface area contributed by atoms with Gasteiger partial charge in [0.15, 0.2) is 0 Å². The summed E-state index contributed by atoms with van der Waals surface area (Å²) in [5, 5.41) is 7.09. The number of benzene rings is 7. The molecule has 0 atom stereocenters. The summed E-state index contributed by atoms with van der Waals surface area (Å²) in [5.41, 5.74) is 10.7. The molecule has 9 aromatic rings. The highest BCUT2D eigenvalue weighted by molar-refractivity contribution is 6.13. The Labute approximate surface area is 254 Å². The predicted octanol–water partition coefficient (Wildman–Crippen LogP) is 11.2. The van der Waals surface area contributed by atoms with Gasteiger partial charge in [0.2, 0.25) is 0 Å². The minimum absolute atomic E-state index is 0.858. The highest BCUT2D eigenvalue weighted by atomic mass is 16.3. The van der Waals surface area contributed by atoms with Crippen LogP contribution < -0.4 is 0 Å². The molecule has 0 aliphatic rings. The van der Waals surface area contributed by atoms with Crippen LogP contribution in [0.15, 0.2) is 138 Å². The molecule has 0 bridgehead atoms. The Kier molecular flexibility index (Phi) is 5.33. The summed E-state index contributed by atoms with van der Waals surface area (Å²) in [7, 11) is 0. The molecule has 9 rings (SSSR count). The smallest absolute Gasteiger partial charge is 0.149 e. The van der Waals surface area contributed by atoms with Crippen LogP contribution in [0, 0.1) is 13.8 Å². The Morgan fingerprint density at radius 3 is 2.09 bits per heavy atom. The SMILES string of the molecule is Cc1cc(-c2ccccc2)cc(C)c1-n1c(-c2cccc3c2oc2ccccc23)nc2cc3c(ccc4ccccc43)cc21. The molecule has 2 heterocycles. The topological polar surface area (TPSA) is 31.0 Å². The Morgan fingerprint density at radius 2 is 1.25 bits per heavy atom. The van der Waals surface area contributed by atoms with E-state index in [1.54, 1.807) is 0 Å². The van der Waals surface area contributed by atoms with E-state index in [0.717, 1.165) is 50.0 Å². The summed E-state index contributed by atoms with van der Waals surface area (Å²) in [4.78, 5) is 5.40. The van der Waals surface area contributed by atoms with Crippen LogP contribution in [0.25, 0.3) is 82.7 Å². The van der Waals surface area contributed by atoms with E-state index < -0.39 is 0 Å². The average molecular weight is 565 g/mol. The molecule has 0 fully saturated rings. The first-order chi connectivity index (χ1) is 21.6. The second kappa shape index (κ2) is 9.42. The van der Waals surface area contributed by atoms with Gasteiger partial charge in [0.1, 0.15) is 17.0 Å². The number of fused-ring (bicyclic) bond motifs is 7. The van der Waals surface area contributed by atoms with Crippen LogP contribution in [0.4, 0.5) is 0 Å². The first kappa shape index (κ1) is 24.9. The summed E-state index contributed by atoms with van der Waals surface area (Å²) in [6, 6.07) is 47.4. The second-order valence-electron chi connectivity index (χ2n) is 11.7. The van der Waals surface area contributed by atoms with E-state index in [2.05, 4.69) is 140 Å². The zero-order valence-corrected chi connectivity index (χ0v) is 24.5. The number of aromatic nitrogens is 2. The molecule has 0 aliphatic carbocycles. The number of hydrogen-bond acceptors (Lipinski definition) is 2. The Morgan fingerprint density at radius 1 is 0.545 bits per heavy atom. The third-order valence-corrected chi connectivity index (χ3v) is 8.99. The fourth-order valence-corrected chi connectivity index (χ4v) is 7.01. The number of para-hydroxylation sites is 2. The second-order valence-corrected chi connectivity index (χ2v) is 11.7. The van der Waals surface area contributed by atoms with Crippen molar-refractivity contribution in [3.8, 4) is 28.2 Å². The maximum atomic E-state index is 6.54. The molecule has 3 heteroatoms. The summed E-state index contributed by atoms with van der Waals surface area (Å²) in [6.45, 7) is 4.42. The first-order valence-corrected chi connectivity index (χ1v) is 15.1. The van der Waals surface area contributed by atoms with Crippen molar-refractivity contribution in [2.24, 2.45) is 0 Å². The van der Waals surface area contributed by atoms with Gasteiger partial charge >= 0.3 is 0 Å². The van der Waals surface area contributed by atoms with Gasteiger partial charge in [-0.2, -0.15) is 0 Å². The van der Waals surface area contributed by atoms with E-state index in [4.69, 9.17) is 9.40 Å². The summed E-state index contributed by atoms with van der Waals surface area (Å²) in [6.07, 6.45) is 0. The van der Waals surface area contributed by atoms with Crippen molar-refractivity contribution in [2.75, 3.05) is 0 Å². The highest BCUT2D eigenvalue weighted by Crippen LogP contribution is 2.41. The normalized spacial score (nSPS) is 11.9. The van der Waals surface area contributed by atoms with E-state index in [0.29, 0.717) is 0 Å². The van der Waals surface area contributed by atoms with E-state index in [9.17, 15) is 0 Å². The largest absolute Gasteiger partial charge is 0.455 e. The fourth-order valence-electron chi connectivity index (χ4n) is 7.01. The Bertz CT molecular complexity index is 2550. The van der Waals surface area contributed by atoms with E-state index in [1.165, 1.54) is 43.8 Å². The van der Waals surface area contributed by atoms with E-state index >= 15 is 0 Å². The van der Waals surface area contributed by atoms with Crippen LogP contribution >= 0.6 is 0 Å². The van der Waals surface area contributed by atoms with Crippen LogP contribution in [-0.2, 0) is 0 Å². The maximum absolute atomic E-state index is 6.54. The summed E-state index contributed by atoms with van der Waals surface area (Å²) in [5.74, 6) is 0.878. The molecule has 0 radical (unpaired) electrons. The van der Waals surface area contributed by atoms with E-state index in [1.807, 2.05) is 12.1 Å². The van der Waals surface area contributed by atoms with Gasteiger partial charge in [0.25, 0.3) is 0 Å². The minimum Gasteiger partial charge on any atom is -0.455 e. The van der Waals surface area contributed by atoms with Crippen molar-refractivity contribution in [1.82, 2.24) is 9.55 Å². The van der Waals surface area contributed by atoms with Crippen molar-refractivity contribution in [1.29, 1.82) is 0 Å². The standard InChI is InChI=1S/C41H28N2O/c1-25-21-30(27-11-4-3-5-12-27)22-26(2)39(25)43-37-23-29-20-19-28-13-6-7-14-31(28)35(29)24-36(37)42-41(43)34-17-10-16-33-32-15-8-9-18-38(32)44-40(33)34/h3-24H,1-2H3. The third-order valence-electron chi connectivity index (χ3n) is 8.99. The molecular weight excluding hydrogens is 536 g/mol. The van der Waals surface area contributed by atoms with Gasteiger partial charge in [-0.15, -0.1) is 0 Å². The molecule has 2 aromatic heterocycles. The van der Waals surface area contributed by atoms with Crippen LogP contribution in [-0.4, -0.2) is 9.55 Å². The van der Waals surface area contributed by atoms with Crippen molar-refractivity contribution >= 4 is 54.5 Å². The number of imidazole rings is 1. The number of hydrogen-bond donors (Lipinski definition) is 0. The van der Waals surface area contributed by atoms with Crippen molar-refractivity contribution in [2.45, 2.75) is 13.8 Å². The zero-order valence-electron chi connectivity index (χ0n) is 24.5. The predicted molar refractivity (Wildman–Crippen MR) is 184 cm³/mol. The van der Waals surface area contributed by atoms with Crippen LogP contribution in [0.2, 0.25) is 0 Å². The van der Waals surface area contributed by atoms with Crippen molar-refractivity contribution < 1.29 is 4.42 Å². The highest BCUT2D eigenvalue weighted by Gasteiger charge is 2.22. The maximum Gasteiger partial charge on any atom is 0.149 e. The molecule has 3 nitrogen and oxygen atoms in total. The number of nitrogens with zero attached hydrogens (tertiary/aromatic N) is 2. The quantitative estimate of drug-likeness (QED) is 0.200. The van der Waals surface area contributed by atoms with Gasteiger partial charge < -0.3 is 4.42 Å². The monoisotopic (exact) mass is 564 g/mol. The van der Waals surface area contributed by atoms with Gasteiger partial charge in [-0.25, -0.2) is 4.98 Å².